The molecule has 1 saturated heterocycles. The van der Waals surface area contributed by atoms with Gasteiger partial charge in [-0.3, -0.25) is 4.79 Å². The minimum Gasteiger partial charge on any atom is -0.491 e. The zero-order chi connectivity index (χ0) is 15.9. The first kappa shape index (κ1) is 20.1. The number of hydrogen-bond donors (Lipinski definition) is 2. The quantitative estimate of drug-likeness (QED) is 0.820. The van der Waals surface area contributed by atoms with Crippen LogP contribution < -0.4 is 15.4 Å². The van der Waals surface area contributed by atoms with Crippen LogP contribution in [-0.4, -0.2) is 36.1 Å². The lowest BCUT2D eigenvalue weighted by molar-refractivity contribution is -0.122. The Morgan fingerprint density at radius 3 is 2.61 bits per heavy atom. The van der Waals surface area contributed by atoms with Gasteiger partial charge in [0.2, 0.25) is 5.91 Å². The molecule has 0 spiro atoms. The van der Waals surface area contributed by atoms with Gasteiger partial charge in [0.05, 0.1) is 12.1 Å². The van der Waals surface area contributed by atoms with Crippen LogP contribution in [0, 0.1) is 0 Å². The molecule has 2 unspecified atom stereocenters. The lowest BCUT2D eigenvalue weighted by Crippen LogP contribution is -2.41. The SMILES string of the molecule is CC(C)Oc1ccc(C(C)NC(=O)CC2CSCCN2)cc1.Cl. The number of rotatable bonds is 6. The van der Waals surface area contributed by atoms with Crippen molar-refractivity contribution in [3.8, 4) is 5.75 Å². The Morgan fingerprint density at radius 2 is 2.04 bits per heavy atom. The molecule has 130 valence electrons. The molecular weight excluding hydrogens is 332 g/mol. The highest BCUT2D eigenvalue weighted by Gasteiger charge is 2.18. The number of benzene rings is 1. The molecule has 2 N–H and O–H groups in total. The third-order valence-electron chi connectivity index (χ3n) is 3.56. The molecule has 4 nitrogen and oxygen atoms in total. The van der Waals surface area contributed by atoms with Crippen LogP contribution in [0.25, 0.3) is 0 Å². The number of carbonyl (C=O) groups excluding carboxylic acids is 1. The van der Waals surface area contributed by atoms with E-state index in [0.29, 0.717) is 12.5 Å². The summed E-state index contributed by atoms with van der Waals surface area (Å²) in [6.07, 6.45) is 0.718. The van der Waals surface area contributed by atoms with Crippen LogP contribution in [0.3, 0.4) is 0 Å². The highest BCUT2D eigenvalue weighted by atomic mass is 35.5. The van der Waals surface area contributed by atoms with Gasteiger partial charge in [-0.1, -0.05) is 12.1 Å². The van der Waals surface area contributed by atoms with Gasteiger partial charge >= 0.3 is 0 Å². The Labute approximate surface area is 149 Å². The molecule has 2 atom stereocenters. The summed E-state index contributed by atoms with van der Waals surface area (Å²) in [6, 6.07) is 8.24. The second-order valence-corrected chi connectivity index (χ2v) is 7.10. The normalized spacial score (nSPS) is 18.9. The van der Waals surface area contributed by atoms with E-state index < -0.39 is 0 Å². The molecule has 0 saturated carbocycles. The predicted molar refractivity (Wildman–Crippen MR) is 99.7 cm³/mol. The third kappa shape index (κ3) is 7.02. The van der Waals surface area contributed by atoms with Crippen LogP contribution in [-0.2, 0) is 4.79 Å². The number of thioether (sulfide) groups is 1. The van der Waals surface area contributed by atoms with Crippen LogP contribution in [0.1, 0.15) is 38.8 Å². The first-order valence-electron chi connectivity index (χ1n) is 7.91. The van der Waals surface area contributed by atoms with Crippen LogP contribution in [0.15, 0.2) is 24.3 Å². The molecule has 0 aromatic heterocycles. The summed E-state index contributed by atoms with van der Waals surface area (Å²) in [5.41, 5.74) is 1.09. The molecule has 1 heterocycles. The maximum Gasteiger partial charge on any atom is 0.222 e. The summed E-state index contributed by atoms with van der Waals surface area (Å²) in [5.74, 6) is 3.12. The van der Waals surface area contributed by atoms with E-state index in [4.69, 9.17) is 4.74 Å². The van der Waals surface area contributed by atoms with Gasteiger partial charge < -0.3 is 15.4 Å². The first-order valence-corrected chi connectivity index (χ1v) is 9.07. The molecule has 0 bridgehead atoms. The van der Waals surface area contributed by atoms with Gasteiger partial charge in [0, 0.05) is 30.5 Å². The van der Waals surface area contributed by atoms with Crippen LogP contribution >= 0.6 is 24.2 Å². The highest BCUT2D eigenvalue weighted by Crippen LogP contribution is 2.19. The van der Waals surface area contributed by atoms with E-state index in [-0.39, 0.29) is 30.5 Å². The van der Waals surface area contributed by atoms with E-state index in [1.165, 1.54) is 0 Å². The predicted octanol–water partition coefficient (Wildman–Crippen LogP) is 3.17. The van der Waals surface area contributed by atoms with Crippen molar-refractivity contribution in [3.05, 3.63) is 29.8 Å². The summed E-state index contributed by atoms with van der Waals surface area (Å²) < 4.78 is 5.63. The third-order valence-corrected chi connectivity index (χ3v) is 4.69. The van der Waals surface area contributed by atoms with Crippen molar-refractivity contribution in [2.24, 2.45) is 0 Å². The molecule has 1 aromatic rings. The fourth-order valence-electron chi connectivity index (χ4n) is 2.47. The zero-order valence-corrected chi connectivity index (χ0v) is 15.6. The average Bonchev–Trinajstić information content (AvgIpc) is 2.48. The zero-order valence-electron chi connectivity index (χ0n) is 14.0. The van der Waals surface area contributed by atoms with E-state index >= 15 is 0 Å². The average molecular weight is 359 g/mol. The second kappa shape index (κ2) is 10.1. The maximum absolute atomic E-state index is 12.1. The molecule has 1 aliphatic rings. The summed E-state index contributed by atoms with van der Waals surface area (Å²) in [5, 5.41) is 6.47. The number of nitrogens with one attached hydrogen (secondary N) is 2. The maximum atomic E-state index is 12.1. The van der Waals surface area contributed by atoms with Gasteiger partial charge in [-0.15, -0.1) is 12.4 Å². The number of carbonyl (C=O) groups is 1. The molecule has 0 radical (unpaired) electrons. The lowest BCUT2D eigenvalue weighted by atomic mass is 10.1. The van der Waals surface area contributed by atoms with Crippen molar-refractivity contribution < 1.29 is 9.53 Å². The summed E-state index contributed by atoms with van der Waals surface area (Å²) in [4.78, 5) is 12.1. The Kier molecular flexibility index (Phi) is 8.81. The summed E-state index contributed by atoms with van der Waals surface area (Å²) in [7, 11) is 0. The molecule has 1 aliphatic heterocycles. The molecule has 23 heavy (non-hydrogen) atoms. The van der Waals surface area contributed by atoms with Gasteiger partial charge in [-0.05, 0) is 38.5 Å². The van der Waals surface area contributed by atoms with Gasteiger partial charge in [0.25, 0.3) is 0 Å². The monoisotopic (exact) mass is 358 g/mol. The number of amides is 1. The van der Waals surface area contributed by atoms with Gasteiger partial charge in [-0.2, -0.15) is 11.8 Å². The summed E-state index contributed by atoms with van der Waals surface area (Å²) in [6.45, 7) is 7.03. The van der Waals surface area contributed by atoms with Gasteiger partial charge in [0.15, 0.2) is 0 Å². The number of hydrogen-bond acceptors (Lipinski definition) is 4. The molecular formula is C17H27ClN2O2S. The van der Waals surface area contributed by atoms with Crippen molar-refractivity contribution >= 4 is 30.1 Å². The fourth-order valence-corrected chi connectivity index (χ4v) is 3.41. The van der Waals surface area contributed by atoms with Crippen molar-refractivity contribution in [1.82, 2.24) is 10.6 Å². The Morgan fingerprint density at radius 1 is 1.35 bits per heavy atom. The molecule has 1 aromatic carbocycles. The van der Waals surface area contributed by atoms with E-state index in [0.717, 1.165) is 29.4 Å². The lowest BCUT2D eigenvalue weighted by Gasteiger charge is -2.23. The van der Waals surface area contributed by atoms with Gasteiger partial charge in [0.1, 0.15) is 5.75 Å². The molecule has 6 heteroatoms. The molecule has 2 rings (SSSR count). The first-order chi connectivity index (χ1) is 10.5. The van der Waals surface area contributed by atoms with Crippen LogP contribution in [0.2, 0.25) is 0 Å². The van der Waals surface area contributed by atoms with E-state index in [2.05, 4.69) is 10.6 Å². The summed E-state index contributed by atoms with van der Waals surface area (Å²) >= 11 is 1.91. The van der Waals surface area contributed by atoms with Crippen molar-refractivity contribution in [2.75, 3.05) is 18.1 Å². The Balaban J connectivity index is 0.00000264. The Hall–Kier alpha value is -0.910. The van der Waals surface area contributed by atoms with Crippen LogP contribution in [0.5, 0.6) is 5.75 Å². The largest absolute Gasteiger partial charge is 0.491 e. The Bertz CT molecular complexity index is 476. The van der Waals surface area contributed by atoms with E-state index in [1.54, 1.807) is 0 Å². The van der Waals surface area contributed by atoms with Crippen molar-refractivity contribution in [3.63, 3.8) is 0 Å². The second-order valence-electron chi connectivity index (χ2n) is 5.95. The van der Waals surface area contributed by atoms with Crippen molar-refractivity contribution in [2.45, 2.75) is 45.4 Å². The minimum atomic E-state index is 0. The van der Waals surface area contributed by atoms with E-state index in [9.17, 15) is 4.79 Å². The van der Waals surface area contributed by atoms with Crippen molar-refractivity contribution in [1.29, 1.82) is 0 Å². The highest BCUT2D eigenvalue weighted by molar-refractivity contribution is 7.99. The van der Waals surface area contributed by atoms with Gasteiger partial charge in [-0.25, -0.2) is 0 Å². The number of ether oxygens (including phenoxy) is 1. The molecule has 1 fully saturated rings. The fraction of sp³-hybridized carbons (Fsp3) is 0.588. The number of halogens is 1. The molecule has 0 aliphatic carbocycles. The topological polar surface area (TPSA) is 50.4 Å². The minimum absolute atomic E-state index is 0. The molecule has 1 amide bonds. The van der Waals surface area contributed by atoms with Crippen LogP contribution in [0.4, 0.5) is 0 Å². The smallest absolute Gasteiger partial charge is 0.222 e. The standard InChI is InChI=1S/C17H26N2O2S.ClH/c1-12(2)21-16-6-4-14(5-7-16)13(3)19-17(20)10-15-11-22-9-8-18-15;/h4-7,12-13,15,18H,8-11H2,1-3H3,(H,19,20);1H. The van der Waals surface area contributed by atoms with E-state index in [1.807, 2.05) is 56.8 Å².